The molecule has 3 nitrogen and oxygen atoms in total. The summed E-state index contributed by atoms with van der Waals surface area (Å²) in [5.41, 5.74) is 4.42. The molecule has 84 valence electrons. The van der Waals surface area contributed by atoms with Crippen LogP contribution in [0.4, 0.5) is 0 Å². The minimum Gasteiger partial charge on any atom is -0.439 e. The van der Waals surface area contributed by atoms with Crippen molar-refractivity contribution in [2.45, 2.75) is 32.7 Å². The lowest BCUT2D eigenvalue weighted by Gasteiger charge is -2.02. The lowest BCUT2D eigenvalue weighted by molar-refractivity contribution is 0.451. The highest BCUT2D eigenvalue weighted by Gasteiger charge is 2.21. The van der Waals surface area contributed by atoms with Gasteiger partial charge in [-0.2, -0.15) is 0 Å². The predicted molar refractivity (Wildman–Crippen MR) is 63.5 cm³/mol. The van der Waals surface area contributed by atoms with E-state index < -0.39 is 0 Å². The molecule has 16 heavy (non-hydrogen) atoms. The molecule has 1 unspecified atom stereocenters. The Kier molecular flexibility index (Phi) is 2.21. The molecule has 0 saturated carbocycles. The number of aromatic nitrogens is 1. The molecule has 1 N–H and O–H groups in total. The van der Waals surface area contributed by atoms with E-state index in [4.69, 9.17) is 4.42 Å². The molecule has 1 atom stereocenters. The largest absolute Gasteiger partial charge is 0.439 e. The van der Waals surface area contributed by atoms with E-state index in [2.05, 4.69) is 36.3 Å². The first-order valence-electron chi connectivity index (χ1n) is 5.85. The molecule has 0 radical (unpaired) electrons. The molecule has 3 heteroatoms. The van der Waals surface area contributed by atoms with Crippen molar-refractivity contribution in [2.24, 2.45) is 0 Å². The molecule has 1 aliphatic heterocycles. The van der Waals surface area contributed by atoms with Crippen LogP contribution in [0.5, 0.6) is 0 Å². The quantitative estimate of drug-likeness (QED) is 0.796. The van der Waals surface area contributed by atoms with Gasteiger partial charge in [0, 0.05) is 0 Å². The van der Waals surface area contributed by atoms with Crippen molar-refractivity contribution < 1.29 is 4.42 Å². The number of nitrogens with zero attached hydrogens (tertiary/aromatic N) is 1. The van der Waals surface area contributed by atoms with E-state index in [9.17, 15) is 0 Å². The highest BCUT2D eigenvalue weighted by Crippen LogP contribution is 2.27. The average Bonchev–Trinajstić information content (AvgIpc) is 2.86. The maximum absolute atomic E-state index is 5.81. The number of hydrogen-bond donors (Lipinski definition) is 1. The minimum absolute atomic E-state index is 0.313. The zero-order chi connectivity index (χ0) is 11.1. The van der Waals surface area contributed by atoms with Gasteiger partial charge >= 0.3 is 0 Å². The third kappa shape index (κ3) is 1.52. The number of fused-ring (bicyclic) bond motifs is 1. The first-order chi connectivity index (χ1) is 7.74. The zero-order valence-corrected chi connectivity index (χ0v) is 9.71. The molecule has 2 aromatic rings. The van der Waals surface area contributed by atoms with Gasteiger partial charge in [0.25, 0.3) is 0 Å². The van der Waals surface area contributed by atoms with Crippen molar-refractivity contribution in [1.82, 2.24) is 10.3 Å². The van der Waals surface area contributed by atoms with Crippen molar-refractivity contribution in [3.8, 4) is 0 Å². The number of nitrogens with one attached hydrogen (secondary N) is 1. The van der Waals surface area contributed by atoms with Gasteiger partial charge in [-0.1, -0.05) is 0 Å². The smallest absolute Gasteiger partial charge is 0.212 e. The van der Waals surface area contributed by atoms with Crippen LogP contribution in [-0.2, 0) is 0 Å². The molecule has 3 rings (SSSR count). The average molecular weight is 216 g/mol. The second-order valence-corrected chi connectivity index (χ2v) is 4.61. The summed E-state index contributed by atoms with van der Waals surface area (Å²) in [6, 6.07) is 4.50. The highest BCUT2D eigenvalue weighted by atomic mass is 16.3. The Balaban J connectivity index is 2.08. The Morgan fingerprint density at radius 1 is 1.31 bits per heavy atom. The van der Waals surface area contributed by atoms with Gasteiger partial charge in [0.15, 0.2) is 5.58 Å². The van der Waals surface area contributed by atoms with Gasteiger partial charge in [0.2, 0.25) is 5.89 Å². The van der Waals surface area contributed by atoms with Crippen molar-refractivity contribution in [1.29, 1.82) is 0 Å². The predicted octanol–water partition coefficient (Wildman–Crippen LogP) is 2.87. The van der Waals surface area contributed by atoms with Crippen LogP contribution >= 0.6 is 0 Å². The van der Waals surface area contributed by atoms with Crippen LogP contribution in [0.2, 0.25) is 0 Å². The van der Waals surface area contributed by atoms with E-state index in [0.29, 0.717) is 6.04 Å². The van der Waals surface area contributed by atoms with Gasteiger partial charge in [0.05, 0.1) is 6.04 Å². The molecular weight excluding hydrogens is 200 g/mol. The topological polar surface area (TPSA) is 38.1 Å². The number of rotatable bonds is 1. The molecule has 0 bridgehead atoms. The fourth-order valence-electron chi connectivity index (χ4n) is 2.24. The van der Waals surface area contributed by atoms with Gasteiger partial charge in [-0.3, -0.25) is 0 Å². The van der Waals surface area contributed by atoms with Crippen LogP contribution in [0.3, 0.4) is 0 Å². The lowest BCUT2D eigenvalue weighted by atomic mass is 10.1. The van der Waals surface area contributed by atoms with Crippen LogP contribution in [0, 0.1) is 13.8 Å². The van der Waals surface area contributed by atoms with E-state index >= 15 is 0 Å². The third-order valence-corrected chi connectivity index (χ3v) is 3.38. The summed E-state index contributed by atoms with van der Waals surface area (Å²) < 4.78 is 5.81. The first-order valence-corrected chi connectivity index (χ1v) is 5.85. The van der Waals surface area contributed by atoms with Crippen molar-refractivity contribution in [2.75, 3.05) is 6.54 Å². The van der Waals surface area contributed by atoms with Crippen molar-refractivity contribution >= 4 is 11.1 Å². The van der Waals surface area contributed by atoms with Crippen molar-refractivity contribution in [3.05, 3.63) is 29.2 Å². The molecule has 2 heterocycles. The fourth-order valence-corrected chi connectivity index (χ4v) is 2.24. The van der Waals surface area contributed by atoms with E-state index in [1.807, 2.05) is 0 Å². The van der Waals surface area contributed by atoms with Crippen LogP contribution in [0.25, 0.3) is 11.1 Å². The van der Waals surface area contributed by atoms with Crippen molar-refractivity contribution in [3.63, 3.8) is 0 Å². The number of hydrogen-bond acceptors (Lipinski definition) is 3. The Morgan fingerprint density at radius 3 is 2.88 bits per heavy atom. The molecule has 1 fully saturated rings. The number of aryl methyl sites for hydroxylation is 2. The highest BCUT2D eigenvalue weighted by molar-refractivity contribution is 5.74. The molecule has 0 amide bonds. The monoisotopic (exact) mass is 216 g/mol. The normalized spacial score (nSPS) is 20.8. The second kappa shape index (κ2) is 3.59. The summed E-state index contributed by atoms with van der Waals surface area (Å²) in [5.74, 6) is 0.845. The molecular formula is C13H16N2O. The van der Waals surface area contributed by atoms with E-state index in [-0.39, 0.29) is 0 Å². The SMILES string of the molecule is Cc1cc2nc(C3CCCN3)oc2cc1C. The first kappa shape index (κ1) is 9.85. The lowest BCUT2D eigenvalue weighted by Crippen LogP contribution is -2.12. The molecule has 1 aromatic carbocycles. The summed E-state index contributed by atoms with van der Waals surface area (Å²) in [4.78, 5) is 4.57. The molecule has 0 aliphatic carbocycles. The molecule has 0 spiro atoms. The standard InChI is InChI=1S/C13H16N2O/c1-8-6-11-12(7-9(8)2)16-13(15-11)10-4-3-5-14-10/h6-7,10,14H,3-5H2,1-2H3. The van der Waals surface area contributed by atoms with Crippen LogP contribution in [0.1, 0.15) is 35.9 Å². The van der Waals surface area contributed by atoms with Crippen LogP contribution in [0.15, 0.2) is 16.5 Å². The Hall–Kier alpha value is -1.35. The zero-order valence-electron chi connectivity index (χ0n) is 9.71. The molecule has 1 saturated heterocycles. The molecule has 1 aromatic heterocycles. The number of oxazole rings is 1. The minimum atomic E-state index is 0.313. The summed E-state index contributed by atoms with van der Waals surface area (Å²) in [7, 11) is 0. The summed E-state index contributed by atoms with van der Waals surface area (Å²) >= 11 is 0. The van der Waals surface area contributed by atoms with Gasteiger partial charge in [-0.05, 0) is 56.5 Å². The van der Waals surface area contributed by atoms with E-state index in [1.54, 1.807) is 0 Å². The third-order valence-electron chi connectivity index (χ3n) is 3.38. The maximum atomic E-state index is 5.81. The Labute approximate surface area is 94.9 Å². The summed E-state index contributed by atoms with van der Waals surface area (Å²) in [6.07, 6.45) is 2.34. The maximum Gasteiger partial charge on any atom is 0.212 e. The van der Waals surface area contributed by atoms with Gasteiger partial charge in [0.1, 0.15) is 5.52 Å². The second-order valence-electron chi connectivity index (χ2n) is 4.61. The van der Waals surface area contributed by atoms with E-state index in [1.165, 1.54) is 17.5 Å². The van der Waals surface area contributed by atoms with Gasteiger partial charge in [-0.25, -0.2) is 4.98 Å². The fraction of sp³-hybridized carbons (Fsp3) is 0.462. The Bertz CT molecular complexity index is 485. The Morgan fingerprint density at radius 2 is 2.12 bits per heavy atom. The number of benzene rings is 1. The summed E-state index contributed by atoms with van der Waals surface area (Å²) in [5, 5.41) is 3.41. The van der Waals surface area contributed by atoms with Gasteiger partial charge < -0.3 is 9.73 Å². The molecule has 1 aliphatic rings. The summed E-state index contributed by atoms with van der Waals surface area (Å²) in [6.45, 7) is 5.28. The van der Waals surface area contributed by atoms with E-state index in [0.717, 1.165) is 30.0 Å². The van der Waals surface area contributed by atoms with Crippen LogP contribution < -0.4 is 5.32 Å². The van der Waals surface area contributed by atoms with Crippen LogP contribution in [-0.4, -0.2) is 11.5 Å². The van der Waals surface area contributed by atoms with Gasteiger partial charge in [-0.15, -0.1) is 0 Å².